The van der Waals surface area contributed by atoms with E-state index in [0.717, 1.165) is 24.0 Å². The molecular formula is C34H39FO5. The molecule has 1 atom stereocenters. The average Bonchev–Trinajstić information content (AvgIpc) is 2.96. The Morgan fingerprint density at radius 1 is 0.950 bits per heavy atom. The third-order valence-electron chi connectivity index (χ3n) is 6.91. The Labute approximate surface area is 237 Å². The van der Waals surface area contributed by atoms with Gasteiger partial charge in [0, 0.05) is 18.4 Å². The van der Waals surface area contributed by atoms with Gasteiger partial charge < -0.3 is 14.6 Å². The van der Waals surface area contributed by atoms with Gasteiger partial charge in [-0.25, -0.2) is 14.0 Å². The van der Waals surface area contributed by atoms with Crippen LogP contribution < -0.4 is 4.74 Å². The number of allylic oxidation sites excluding steroid dienone is 2. The summed E-state index contributed by atoms with van der Waals surface area (Å²) in [6, 6.07) is 13.8. The Hall–Kier alpha value is -3.85. The average molecular weight is 547 g/mol. The van der Waals surface area contributed by atoms with E-state index in [-0.39, 0.29) is 12.0 Å². The number of rotatable bonds is 15. The number of unbranched alkanes of at least 4 members (excludes halogenated alkanes) is 9. The van der Waals surface area contributed by atoms with E-state index >= 15 is 0 Å². The van der Waals surface area contributed by atoms with E-state index in [1.54, 1.807) is 18.2 Å². The summed E-state index contributed by atoms with van der Waals surface area (Å²) in [4.78, 5) is 24.3. The number of ether oxygens (including phenoxy) is 2. The highest BCUT2D eigenvalue weighted by molar-refractivity contribution is 5.94. The minimum absolute atomic E-state index is 0.00180. The molecule has 0 bridgehead atoms. The van der Waals surface area contributed by atoms with Crippen LogP contribution in [0.1, 0.15) is 88.7 Å². The lowest BCUT2D eigenvalue weighted by Crippen LogP contribution is -2.41. The summed E-state index contributed by atoms with van der Waals surface area (Å²) in [6.45, 7) is 2.74. The fourth-order valence-corrected chi connectivity index (χ4v) is 4.52. The number of carboxylic acid groups (broad SMARTS) is 1. The molecule has 0 saturated heterocycles. The van der Waals surface area contributed by atoms with E-state index in [0.29, 0.717) is 12.4 Å². The predicted molar refractivity (Wildman–Crippen MR) is 155 cm³/mol. The van der Waals surface area contributed by atoms with Crippen molar-refractivity contribution in [3.8, 4) is 17.6 Å². The van der Waals surface area contributed by atoms with Gasteiger partial charge in [0.1, 0.15) is 11.6 Å². The summed E-state index contributed by atoms with van der Waals surface area (Å²) >= 11 is 0. The van der Waals surface area contributed by atoms with Gasteiger partial charge in [0.2, 0.25) is 5.60 Å². The van der Waals surface area contributed by atoms with Gasteiger partial charge in [0.15, 0.2) is 0 Å². The number of aliphatic carboxylic acids is 1. The van der Waals surface area contributed by atoms with Crippen LogP contribution in [0.5, 0.6) is 5.75 Å². The number of carboxylic acids is 1. The zero-order chi connectivity index (χ0) is 28.6. The monoisotopic (exact) mass is 546 g/mol. The number of halogens is 1. The van der Waals surface area contributed by atoms with E-state index < -0.39 is 23.4 Å². The highest BCUT2D eigenvalue weighted by Gasteiger charge is 2.40. The van der Waals surface area contributed by atoms with Gasteiger partial charge in [-0.1, -0.05) is 113 Å². The zero-order valence-electron chi connectivity index (χ0n) is 23.3. The van der Waals surface area contributed by atoms with Crippen molar-refractivity contribution in [3.05, 3.63) is 83.7 Å². The number of esters is 1. The number of carbonyl (C=O) groups is 2. The zero-order valence-corrected chi connectivity index (χ0v) is 23.3. The van der Waals surface area contributed by atoms with Gasteiger partial charge >= 0.3 is 11.9 Å². The van der Waals surface area contributed by atoms with E-state index in [4.69, 9.17) is 9.47 Å². The lowest BCUT2D eigenvalue weighted by atomic mass is 9.89. The molecule has 1 unspecified atom stereocenters. The van der Waals surface area contributed by atoms with Crippen LogP contribution in [-0.2, 0) is 14.3 Å². The molecule has 3 rings (SSSR count). The van der Waals surface area contributed by atoms with Crippen molar-refractivity contribution in [2.45, 2.75) is 83.2 Å². The second-order valence-corrected chi connectivity index (χ2v) is 10.1. The molecule has 0 spiro atoms. The largest absolute Gasteiger partial charge is 0.493 e. The molecule has 2 aromatic carbocycles. The highest BCUT2D eigenvalue weighted by atomic mass is 19.1. The summed E-state index contributed by atoms with van der Waals surface area (Å²) in [6.07, 6.45) is 16.9. The molecule has 40 heavy (non-hydrogen) atoms. The maximum absolute atomic E-state index is 14.5. The van der Waals surface area contributed by atoms with Crippen molar-refractivity contribution in [1.82, 2.24) is 0 Å². The minimum Gasteiger partial charge on any atom is -0.493 e. The van der Waals surface area contributed by atoms with Crippen LogP contribution in [0.4, 0.5) is 4.39 Å². The summed E-state index contributed by atoms with van der Waals surface area (Å²) in [7, 11) is 0. The van der Waals surface area contributed by atoms with Crippen LogP contribution in [0.15, 0.2) is 66.8 Å². The summed E-state index contributed by atoms with van der Waals surface area (Å²) < 4.78 is 25.4. The molecule has 5 nitrogen and oxygen atoms in total. The van der Waals surface area contributed by atoms with Crippen molar-refractivity contribution < 1.29 is 28.6 Å². The molecule has 0 radical (unpaired) electrons. The first kappa shape index (κ1) is 30.7. The second-order valence-electron chi connectivity index (χ2n) is 10.1. The minimum atomic E-state index is -1.87. The van der Waals surface area contributed by atoms with Crippen molar-refractivity contribution in [2.24, 2.45) is 0 Å². The Morgan fingerprint density at radius 2 is 1.62 bits per heavy atom. The predicted octanol–water partition coefficient (Wildman–Crippen LogP) is 7.89. The molecule has 1 aliphatic rings. The van der Waals surface area contributed by atoms with E-state index in [1.165, 1.54) is 69.6 Å². The van der Waals surface area contributed by atoms with Crippen molar-refractivity contribution in [2.75, 3.05) is 6.61 Å². The van der Waals surface area contributed by atoms with Crippen LogP contribution >= 0.6 is 0 Å². The maximum atomic E-state index is 14.5. The summed E-state index contributed by atoms with van der Waals surface area (Å²) in [5.74, 6) is 2.07. The number of benzene rings is 2. The lowest BCUT2D eigenvalue weighted by molar-refractivity contribution is -0.168. The normalized spacial score (nSPS) is 16.0. The van der Waals surface area contributed by atoms with E-state index in [1.807, 2.05) is 30.3 Å². The molecule has 212 valence electrons. The highest BCUT2D eigenvalue weighted by Crippen LogP contribution is 2.30. The maximum Gasteiger partial charge on any atom is 0.386 e. The molecule has 6 heteroatoms. The molecular weight excluding hydrogens is 507 g/mol. The molecule has 0 aliphatic heterocycles. The van der Waals surface area contributed by atoms with Crippen LogP contribution in [0.3, 0.4) is 0 Å². The standard InChI is InChI=1S/C34H39FO5/c1-2-3-4-5-6-7-8-9-10-14-25-39-30-19-17-29(31(35)26-30)18-20-32(36)40-34(33(37)38)23-21-28(22-24-34)27-15-12-11-13-16-27/h11-13,15-17,19,21-23,26H,2-10,14,24-25H2,1H3,(H,37,38). The van der Waals surface area contributed by atoms with E-state index in [2.05, 4.69) is 18.8 Å². The molecule has 1 aliphatic carbocycles. The Bertz CT molecular complexity index is 1240. The molecule has 2 aromatic rings. The number of hydrogen-bond acceptors (Lipinski definition) is 4. The first-order valence-electron chi connectivity index (χ1n) is 14.3. The Kier molecular flexibility index (Phi) is 12.5. The van der Waals surface area contributed by atoms with Gasteiger partial charge in [-0.05, 0) is 35.8 Å². The molecule has 0 heterocycles. The first-order chi connectivity index (χ1) is 19.4. The molecule has 1 N–H and O–H groups in total. The van der Waals surface area contributed by atoms with Crippen LogP contribution in [0.25, 0.3) is 5.57 Å². The van der Waals surface area contributed by atoms with Gasteiger partial charge in [-0.2, -0.15) is 0 Å². The van der Waals surface area contributed by atoms with Crippen molar-refractivity contribution in [3.63, 3.8) is 0 Å². The SMILES string of the molecule is CCCCCCCCCCCCOc1ccc(C#CC(=O)OC2(C(=O)O)C=CC(c3ccccc3)=CC2)c(F)c1. The van der Waals surface area contributed by atoms with Gasteiger partial charge in [0.05, 0.1) is 12.2 Å². The first-order valence-corrected chi connectivity index (χ1v) is 14.3. The molecule has 0 amide bonds. The number of hydrogen-bond donors (Lipinski definition) is 1. The molecule has 0 fully saturated rings. The van der Waals surface area contributed by atoms with Gasteiger partial charge in [0.25, 0.3) is 0 Å². The molecule has 0 aromatic heterocycles. The van der Waals surface area contributed by atoms with Gasteiger partial charge in [-0.15, -0.1) is 0 Å². The van der Waals surface area contributed by atoms with Crippen LogP contribution in [0, 0.1) is 17.7 Å². The van der Waals surface area contributed by atoms with Crippen LogP contribution in [-0.4, -0.2) is 29.3 Å². The lowest BCUT2D eigenvalue weighted by Gasteiger charge is -2.27. The van der Waals surface area contributed by atoms with Crippen molar-refractivity contribution in [1.29, 1.82) is 0 Å². The number of carbonyl (C=O) groups excluding carboxylic acids is 1. The Balaban J connectivity index is 1.44. The fourth-order valence-electron chi connectivity index (χ4n) is 4.52. The molecule has 0 saturated carbocycles. The topological polar surface area (TPSA) is 72.8 Å². The van der Waals surface area contributed by atoms with Crippen molar-refractivity contribution >= 4 is 17.5 Å². The fraction of sp³-hybridized carbons (Fsp3) is 0.412. The Morgan fingerprint density at radius 3 is 2.23 bits per heavy atom. The van der Waals surface area contributed by atoms with Gasteiger partial charge in [-0.3, -0.25) is 0 Å². The third kappa shape index (κ3) is 9.72. The smallest absolute Gasteiger partial charge is 0.386 e. The quantitative estimate of drug-likeness (QED) is 0.140. The van der Waals surface area contributed by atoms with E-state index in [9.17, 15) is 19.1 Å². The summed E-state index contributed by atoms with van der Waals surface area (Å²) in [5.41, 5.74) is -0.111. The summed E-state index contributed by atoms with van der Waals surface area (Å²) in [5, 5.41) is 9.75. The third-order valence-corrected chi connectivity index (χ3v) is 6.91. The second kappa shape index (κ2) is 16.3. The van der Waals surface area contributed by atoms with Crippen LogP contribution in [0.2, 0.25) is 0 Å².